The van der Waals surface area contributed by atoms with Crippen molar-refractivity contribution in [3.05, 3.63) is 75.9 Å². The van der Waals surface area contributed by atoms with E-state index in [1.165, 1.54) is 16.0 Å². The highest BCUT2D eigenvalue weighted by Gasteiger charge is 2.15. The van der Waals surface area contributed by atoms with Gasteiger partial charge in [0.15, 0.2) is 0 Å². The molecule has 4 aromatic heterocycles. The third-order valence-electron chi connectivity index (χ3n) is 3.72. The van der Waals surface area contributed by atoms with E-state index in [1.54, 1.807) is 31.8 Å². The van der Waals surface area contributed by atoms with Gasteiger partial charge in [-0.05, 0) is 24.3 Å². The Morgan fingerprint density at radius 3 is 2.68 bits per heavy atom. The van der Waals surface area contributed by atoms with Crippen LogP contribution in [0.4, 0.5) is 0 Å². The van der Waals surface area contributed by atoms with Gasteiger partial charge in [-0.15, -0.1) is 11.3 Å². The number of aromatic nitrogens is 4. The quantitative estimate of drug-likeness (QED) is 0.498. The van der Waals surface area contributed by atoms with Crippen molar-refractivity contribution < 1.29 is 0 Å². The van der Waals surface area contributed by atoms with E-state index in [0.717, 1.165) is 21.5 Å². The summed E-state index contributed by atoms with van der Waals surface area (Å²) in [6.07, 6.45) is 6.83. The maximum atomic E-state index is 12.6. The predicted octanol–water partition coefficient (Wildman–Crippen LogP) is 2.85. The molecule has 120 valence electrons. The van der Waals surface area contributed by atoms with Gasteiger partial charge >= 0.3 is 0 Å². The Hall–Kier alpha value is -3.30. The molecule has 4 heterocycles. The third kappa shape index (κ3) is 2.82. The standard InChI is InChI=1S/C19H12N4OS/c1-23-19(24)16-15(5-4-13-3-2-8-21-11-13)12-25-18(16)17(22-23)14-6-9-20-10-7-14/h2-3,6-12H,1H3. The van der Waals surface area contributed by atoms with Gasteiger partial charge in [-0.3, -0.25) is 14.8 Å². The lowest BCUT2D eigenvalue weighted by molar-refractivity contribution is 0.723. The number of pyridine rings is 2. The molecular weight excluding hydrogens is 332 g/mol. The summed E-state index contributed by atoms with van der Waals surface area (Å²) in [5.41, 5.74) is 3.05. The normalized spacial score (nSPS) is 10.4. The minimum absolute atomic E-state index is 0.149. The molecular formula is C19H12N4OS. The van der Waals surface area contributed by atoms with Gasteiger partial charge in [-0.2, -0.15) is 5.10 Å². The van der Waals surface area contributed by atoms with Gasteiger partial charge < -0.3 is 0 Å². The molecule has 0 saturated heterocycles. The molecule has 0 amide bonds. The fourth-order valence-corrected chi connectivity index (χ4v) is 3.51. The first kappa shape index (κ1) is 15.2. The van der Waals surface area contributed by atoms with Crippen LogP contribution in [0.1, 0.15) is 11.1 Å². The number of fused-ring (bicyclic) bond motifs is 1. The van der Waals surface area contributed by atoms with E-state index in [0.29, 0.717) is 10.9 Å². The van der Waals surface area contributed by atoms with E-state index in [4.69, 9.17) is 0 Å². The summed E-state index contributed by atoms with van der Waals surface area (Å²) in [6, 6.07) is 7.48. The average molecular weight is 344 g/mol. The molecule has 0 aliphatic rings. The second-order valence-corrected chi connectivity index (χ2v) is 6.24. The van der Waals surface area contributed by atoms with Crippen LogP contribution in [0, 0.1) is 11.8 Å². The lowest BCUT2D eigenvalue weighted by Gasteiger charge is -2.05. The Balaban J connectivity index is 1.93. The first-order valence-corrected chi connectivity index (χ1v) is 8.43. The molecule has 0 N–H and O–H groups in total. The van der Waals surface area contributed by atoms with Gasteiger partial charge in [-0.1, -0.05) is 11.8 Å². The molecule has 0 aromatic carbocycles. The summed E-state index contributed by atoms with van der Waals surface area (Å²) in [6.45, 7) is 0. The number of hydrogen-bond acceptors (Lipinski definition) is 5. The highest BCUT2D eigenvalue weighted by molar-refractivity contribution is 7.18. The maximum Gasteiger partial charge on any atom is 0.276 e. The number of aryl methyl sites for hydroxylation is 1. The lowest BCUT2D eigenvalue weighted by Crippen LogP contribution is -2.20. The monoisotopic (exact) mass is 344 g/mol. The summed E-state index contributed by atoms with van der Waals surface area (Å²) in [7, 11) is 1.66. The second-order valence-electron chi connectivity index (χ2n) is 5.36. The fraction of sp³-hybridized carbons (Fsp3) is 0.0526. The van der Waals surface area contributed by atoms with Gasteiger partial charge in [-0.25, -0.2) is 4.68 Å². The first-order chi connectivity index (χ1) is 12.2. The number of nitrogens with zero attached hydrogens (tertiary/aromatic N) is 4. The van der Waals surface area contributed by atoms with E-state index < -0.39 is 0 Å². The van der Waals surface area contributed by atoms with Crippen molar-refractivity contribution >= 4 is 21.4 Å². The molecule has 4 aromatic rings. The Labute approximate surface area is 147 Å². The van der Waals surface area contributed by atoms with Crippen molar-refractivity contribution in [1.82, 2.24) is 19.7 Å². The van der Waals surface area contributed by atoms with Gasteiger partial charge in [0, 0.05) is 53.9 Å². The molecule has 0 bridgehead atoms. The zero-order valence-electron chi connectivity index (χ0n) is 13.3. The first-order valence-electron chi connectivity index (χ1n) is 7.55. The SMILES string of the molecule is Cn1nc(-c2ccncc2)c2scc(C#Cc3cccnc3)c2c1=O. The molecule has 0 radical (unpaired) electrons. The summed E-state index contributed by atoms with van der Waals surface area (Å²) in [4.78, 5) is 20.7. The molecule has 4 rings (SSSR count). The van der Waals surface area contributed by atoms with Crippen LogP contribution in [-0.4, -0.2) is 19.7 Å². The molecule has 0 saturated carbocycles. The highest BCUT2D eigenvalue weighted by atomic mass is 32.1. The van der Waals surface area contributed by atoms with Gasteiger partial charge in [0.2, 0.25) is 0 Å². The molecule has 5 nitrogen and oxygen atoms in total. The van der Waals surface area contributed by atoms with Crippen molar-refractivity contribution in [2.45, 2.75) is 0 Å². The second kappa shape index (κ2) is 6.30. The van der Waals surface area contributed by atoms with Crippen molar-refractivity contribution in [3.8, 4) is 23.1 Å². The van der Waals surface area contributed by atoms with Crippen LogP contribution >= 0.6 is 11.3 Å². The fourth-order valence-electron chi connectivity index (χ4n) is 2.51. The molecule has 25 heavy (non-hydrogen) atoms. The van der Waals surface area contributed by atoms with Crippen molar-refractivity contribution in [2.75, 3.05) is 0 Å². The van der Waals surface area contributed by atoms with Gasteiger partial charge in [0.25, 0.3) is 5.56 Å². The van der Waals surface area contributed by atoms with E-state index in [-0.39, 0.29) is 5.56 Å². The van der Waals surface area contributed by atoms with Crippen LogP contribution in [-0.2, 0) is 7.05 Å². The van der Waals surface area contributed by atoms with Crippen LogP contribution < -0.4 is 5.56 Å². The minimum atomic E-state index is -0.149. The summed E-state index contributed by atoms with van der Waals surface area (Å²) < 4.78 is 2.20. The van der Waals surface area contributed by atoms with E-state index in [1.807, 2.05) is 29.6 Å². The van der Waals surface area contributed by atoms with Gasteiger partial charge in [0.05, 0.1) is 10.1 Å². The van der Waals surface area contributed by atoms with Crippen LogP contribution in [0.25, 0.3) is 21.3 Å². The third-order valence-corrected chi connectivity index (χ3v) is 4.71. The molecule has 0 spiro atoms. The summed E-state index contributed by atoms with van der Waals surface area (Å²) >= 11 is 1.48. The maximum absolute atomic E-state index is 12.6. The van der Waals surface area contributed by atoms with Crippen LogP contribution in [0.3, 0.4) is 0 Å². The largest absolute Gasteiger partial charge is 0.276 e. The lowest BCUT2D eigenvalue weighted by atomic mass is 10.1. The van der Waals surface area contributed by atoms with Crippen molar-refractivity contribution in [2.24, 2.45) is 7.05 Å². The molecule has 0 atom stereocenters. The topological polar surface area (TPSA) is 60.7 Å². The van der Waals surface area contributed by atoms with Crippen LogP contribution in [0.5, 0.6) is 0 Å². The van der Waals surface area contributed by atoms with Crippen molar-refractivity contribution in [1.29, 1.82) is 0 Å². The van der Waals surface area contributed by atoms with Crippen LogP contribution in [0.15, 0.2) is 59.2 Å². The van der Waals surface area contributed by atoms with E-state index in [2.05, 4.69) is 26.9 Å². The molecule has 0 unspecified atom stereocenters. The zero-order valence-corrected chi connectivity index (χ0v) is 14.1. The van der Waals surface area contributed by atoms with Gasteiger partial charge in [0.1, 0.15) is 5.69 Å². The molecule has 0 aliphatic heterocycles. The number of thiophene rings is 1. The number of rotatable bonds is 1. The van der Waals surface area contributed by atoms with Crippen LogP contribution in [0.2, 0.25) is 0 Å². The smallest absolute Gasteiger partial charge is 0.267 e. The highest BCUT2D eigenvalue weighted by Crippen LogP contribution is 2.30. The van der Waals surface area contributed by atoms with E-state index in [9.17, 15) is 4.79 Å². The van der Waals surface area contributed by atoms with Crippen molar-refractivity contribution in [3.63, 3.8) is 0 Å². The Morgan fingerprint density at radius 2 is 1.92 bits per heavy atom. The minimum Gasteiger partial charge on any atom is -0.267 e. The summed E-state index contributed by atoms with van der Waals surface area (Å²) in [5.74, 6) is 6.16. The molecule has 6 heteroatoms. The number of hydrogen-bond donors (Lipinski definition) is 0. The molecule has 0 aliphatic carbocycles. The predicted molar refractivity (Wildman–Crippen MR) is 98.3 cm³/mol. The Kier molecular flexibility index (Phi) is 3.84. The Bertz CT molecular complexity index is 1170. The zero-order chi connectivity index (χ0) is 17.2. The Morgan fingerprint density at radius 1 is 1.08 bits per heavy atom. The average Bonchev–Trinajstić information content (AvgIpc) is 3.09. The molecule has 0 fully saturated rings. The van der Waals surface area contributed by atoms with E-state index >= 15 is 0 Å². The summed E-state index contributed by atoms with van der Waals surface area (Å²) in [5, 5.41) is 6.94.